The fourth-order valence-corrected chi connectivity index (χ4v) is 1.47. The number of anilines is 2. The molecule has 8 heteroatoms. The van der Waals surface area contributed by atoms with Crippen molar-refractivity contribution in [3.63, 3.8) is 0 Å². The van der Waals surface area contributed by atoms with Crippen LogP contribution < -0.4 is 11.1 Å². The van der Waals surface area contributed by atoms with Gasteiger partial charge in [0.2, 0.25) is 5.82 Å². The lowest BCUT2D eigenvalue weighted by atomic mass is 10.2. The fourth-order valence-electron chi connectivity index (χ4n) is 1.47. The maximum Gasteiger partial charge on any atom is 0.311 e. The van der Waals surface area contributed by atoms with Gasteiger partial charge in [-0.2, -0.15) is 5.10 Å². The average molecular weight is 248 g/mol. The molecule has 0 saturated heterocycles. The van der Waals surface area contributed by atoms with Crippen LogP contribution in [0.15, 0.2) is 18.5 Å². The molecule has 4 N–H and O–H groups in total. The SMILES string of the molecule is Cc1cnc(NCc2cn[nH]c2N)c([N+](=O)[O-])c1. The average Bonchev–Trinajstić information content (AvgIpc) is 2.73. The van der Waals surface area contributed by atoms with E-state index in [0.717, 1.165) is 11.1 Å². The number of nitrogen functional groups attached to an aromatic ring is 1. The van der Waals surface area contributed by atoms with Crippen molar-refractivity contribution in [2.45, 2.75) is 13.5 Å². The van der Waals surface area contributed by atoms with Crippen LogP contribution in [-0.2, 0) is 6.54 Å². The maximum atomic E-state index is 10.9. The van der Waals surface area contributed by atoms with Gasteiger partial charge in [-0.05, 0) is 12.5 Å². The normalized spacial score (nSPS) is 10.3. The Morgan fingerprint density at radius 1 is 1.56 bits per heavy atom. The molecule has 0 fully saturated rings. The number of aryl methyl sites for hydroxylation is 1. The number of nitrogens with two attached hydrogens (primary N) is 1. The molecule has 0 unspecified atom stereocenters. The third kappa shape index (κ3) is 2.37. The van der Waals surface area contributed by atoms with Crippen LogP contribution in [0.3, 0.4) is 0 Å². The van der Waals surface area contributed by atoms with Crippen molar-refractivity contribution in [3.05, 3.63) is 39.7 Å². The minimum absolute atomic E-state index is 0.0583. The first-order valence-corrected chi connectivity index (χ1v) is 5.20. The van der Waals surface area contributed by atoms with E-state index < -0.39 is 4.92 Å². The molecule has 0 atom stereocenters. The molecular formula is C10H12N6O2. The van der Waals surface area contributed by atoms with E-state index in [1.165, 1.54) is 6.07 Å². The van der Waals surface area contributed by atoms with E-state index in [9.17, 15) is 10.1 Å². The molecule has 2 aromatic rings. The Hall–Kier alpha value is -2.64. The van der Waals surface area contributed by atoms with E-state index in [1.807, 2.05) is 0 Å². The first-order valence-electron chi connectivity index (χ1n) is 5.20. The Labute approximate surface area is 102 Å². The van der Waals surface area contributed by atoms with Crippen LogP contribution in [0.25, 0.3) is 0 Å². The number of pyridine rings is 1. The smallest absolute Gasteiger partial charge is 0.311 e. The Morgan fingerprint density at radius 2 is 2.33 bits per heavy atom. The molecule has 0 radical (unpaired) electrons. The van der Waals surface area contributed by atoms with E-state index in [0.29, 0.717) is 12.4 Å². The summed E-state index contributed by atoms with van der Waals surface area (Å²) >= 11 is 0. The zero-order valence-corrected chi connectivity index (χ0v) is 9.67. The van der Waals surface area contributed by atoms with Crippen LogP contribution in [0, 0.1) is 17.0 Å². The van der Waals surface area contributed by atoms with Gasteiger partial charge in [-0.1, -0.05) is 0 Å². The molecule has 0 aliphatic rings. The summed E-state index contributed by atoms with van der Waals surface area (Å²) in [5.74, 6) is 0.642. The first kappa shape index (κ1) is 11.8. The van der Waals surface area contributed by atoms with Crippen LogP contribution in [0.5, 0.6) is 0 Å². The second kappa shape index (κ2) is 4.70. The van der Waals surface area contributed by atoms with E-state index in [1.54, 1.807) is 19.3 Å². The van der Waals surface area contributed by atoms with E-state index >= 15 is 0 Å². The monoisotopic (exact) mass is 248 g/mol. The molecule has 0 bridgehead atoms. The summed E-state index contributed by atoms with van der Waals surface area (Å²) in [7, 11) is 0. The Bertz CT molecular complexity index is 579. The molecule has 18 heavy (non-hydrogen) atoms. The van der Waals surface area contributed by atoms with Crippen molar-refractivity contribution in [3.8, 4) is 0 Å². The molecule has 0 aliphatic carbocycles. The maximum absolute atomic E-state index is 10.9. The third-order valence-corrected chi connectivity index (χ3v) is 2.40. The zero-order valence-electron chi connectivity index (χ0n) is 9.67. The molecule has 2 rings (SSSR count). The number of H-pyrrole nitrogens is 1. The van der Waals surface area contributed by atoms with Gasteiger partial charge in [0.25, 0.3) is 0 Å². The van der Waals surface area contributed by atoms with Crippen molar-refractivity contribution in [2.24, 2.45) is 0 Å². The van der Waals surface area contributed by atoms with E-state index in [2.05, 4.69) is 20.5 Å². The molecule has 0 saturated carbocycles. The number of aromatic nitrogens is 3. The molecule has 0 spiro atoms. The van der Waals surface area contributed by atoms with Gasteiger partial charge in [-0.25, -0.2) is 4.98 Å². The summed E-state index contributed by atoms with van der Waals surface area (Å²) in [6, 6.07) is 1.47. The largest absolute Gasteiger partial charge is 0.384 e. The highest BCUT2D eigenvalue weighted by Gasteiger charge is 2.15. The Morgan fingerprint density at radius 3 is 2.94 bits per heavy atom. The second-order valence-corrected chi connectivity index (χ2v) is 3.80. The van der Waals surface area contributed by atoms with Crippen LogP contribution in [0.2, 0.25) is 0 Å². The van der Waals surface area contributed by atoms with Gasteiger partial charge < -0.3 is 11.1 Å². The number of hydrogen-bond donors (Lipinski definition) is 3. The van der Waals surface area contributed by atoms with Crippen molar-refractivity contribution in [1.29, 1.82) is 0 Å². The summed E-state index contributed by atoms with van der Waals surface area (Å²) in [6.07, 6.45) is 3.12. The molecule has 8 nitrogen and oxygen atoms in total. The van der Waals surface area contributed by atoms with Crippen LogP contribution in [0.1, 0.15) is 11.1 Å². The van der Waals surface area contributed by atoms with Gasteiger partial charge in [-0.3, -0.25) is 15.2 Å². The highest BCUT2D eigenvalue weighted by atomic mass is 16.6. The van der Waals surface area contributed by atoms with Gasteiger partial charge in [0.15, 0.2) is 0 Å². The van der Waals surface area contributed by atoms with Crippen LogP contribution in [-0.4, -0.2) is 20.1 Å². The Kier molecular flexibility index (Phi) is 3.09. The summed E-state index contributed by atoms with van der Waals surface area (Å²) in [5, 5.41) is 20.1. The number of nitro groups is 1. The second-order valence-electron chi connectivity index (χ2n) is 3.80. The van der Waals surface area contributed by atoms with E-state index in [-0.39, 0.29) is 11.5 Å². The minimum atomic E-state index is -0.471. The lowest BCUT2D eigenvalue weighted by Gasteiger charge is -2.05. The minimum Gasteiger partial charge on any atom is -0.384 e. The lowest BCUT2D eigenvalue weighted by Crippen LogP contribution is -2.06. The van der Waals surface area contributed by atoms with Crippen LogP contribution >= 0.6 is 0 Å². The number of nitrogens with zero attached hydrogens (tertiary/aromatic N) is 3. The predicted molar refractivity (Wildman–Crippen MR) is 66.0 cm³/mol. The van der Waals surface area contributed by atoms with Gasteiger partial charge >= 0.3 is 5.69 Å². The molecule has 0 aliphatic heterocycles. The highest BCUT2D eigenvalue weighted by Crippen LogP contribution is 2.23. The van der Waals surface area contributed by atoms with Gasteiger partial charge in [0.05, 0.1) is 11.1 Å². The summed E-state index contributed by atoms with van der Waals surface area (Å²) < 4.78 is 0. The van der Waals surface area contributed by atoms with Gasteiger partial charge in [-0.15, -0.1) is 0 Å². The van der Waals surface area contributed by atoms with Crippen molar-refractivity contribution < 1.29 is 4.92 Å². The van der Waals surface area contributed by atoms with Crippen molar-refractivity contribution in [1.82, 2.24) is 15.2 Å². The molecule has 0 amide bonds. The highest BCUT2D eigenvalue weighted by molar-refractivity contribution is 5.57. The summed E-state index contributed by atoms with van der Waals surface area (Å²) in [5.41, 5.74) is 7.02. The van der Waals surface area contributed by atoms with Crippen molar-refractivity contribution >= 4 is 17.3 Å². The quantitative estimate of drug-likeness (QED) is 0.552. The summed E-state index contributed by atoms with van der Waals surface area (Å²) in [4.78, 5) is 14.4. The van der Waals surface area contributed by atoms with Crippen LogP contribution in [0.4, 0.5) is 17.3 Å². The molecule has 94 valence electrons. The van der Waals surface area contributed by atoms with E-state index in [4.69, 9.17) is 5.73 Å². The van der Waals surface area contributed by atoms with Gasteiger partial charge in [0, 0.05) is 24.4 Å². The third-order valence-electron chi connectivity index (χ3n) is 2.40. The Balaban J connectivity index is 2.19. The molecule has 2 heterocycles. The topological polar surface area (TPSA) is 123 Å². The zero-order chi connectivity index (χ0) is 13.1. The molecule has 2 aromatic heterocycles. The molecule has 0 aromatic carbocycles. The number of aromatic amines is 1. The lowest BCUT2D eigenvalue weighted by molar-refractivity contribution is -0.384. The van der Waals surface area contributed by atoms with Crippen molar-refractivity contribution in [2.75, 3.05) is 11.1 Å². The number of nitrogens with one attached hydrogen (secondary N) is 2. The number of hydrogen-bond acceptors (Lipinski definition) is 6. The molecular weight excluding hydrogens is 236 g/mol. The number of rotatable bonds is 4. The fraction of sp³-hybridized carbons (Fsp3) is 0.200. The van der Waals surface area contributed by atoms with Gasteiger partial charge in [0.1, 0.15) is 5.82 Å². The summed E-state index contributed by atoms with van der Waals surface area (Å²) in [6.45, 7) is 2.07. The standard InChI is InChI=1S/C10H12N6O2/c1-6-2-8(16(17)18)10(12-3-6)13-4-7-5-14-15-9(7)11/h2-3,5H,4H2,1H3,(H,12,13)(H3,11,14,15). The predicted octanol–water partition coefficient (Wildman–Crippen LogP) is 1.22. The first-order chi connectivity index (χ1) is 8.58.